The van der Waals surface area contributed by atoms with Gasteiger partial charge >= 0.3 is 0 Å². The van der Waals surface area contributed by atoms with Crippen LogP contribution >= 0.6 is 0 Å². The van der Waals surface area contributed by atoms with Crippen LogP contribution in [0, 0.1) is 10.1 Å². The fourth-order valence-corrected chi connectivity index (χ4v) is 2.09. The van der Waals surface area contributed by atoms with E-state index in [4.69, 9.17) is 14.2 Å². The summed E-state index contributed by atoms with van der Waals surface area (Å²) in [6.45, 7) is 0. The molecule has 3 rings (SSSR count). The molecule has 1 aliphatic rings. The standard InChI is InChI=1S/C16H13NO5/c1-20-14-8-4-11(5-9-14)15-10-21-16(22-15)12-2-6-13(7-3-12)17(18)19/h2-10,16H,1H3. The number of methoxy groups -OCH3 is 1. The number of non-ortho nitro benzene ring substituents is 1. The molecule has 0 fully saturated rings. The van der Waals surface area contributed by atoms with E-state index in [1.165, 1.54) is 18.4 Å². The van der Waals surface area contributed by atoms with Gasteiger partial charge in [0.15, 0.2) is 5.76 Å². The minimum absolute atomic E-state index is 0.0325. The third-order valence-corrected chi connectivity index (χ3v) is 3.28. The molecular weight excluding hydrogens is 286 g/mol. The minimum Gasteiger partial charge on any atom is -0.497 e. The highest BCUT2D eigenvalue weighted by molar-refractivity contribution is 5.60. The summed E-state index contributed by atoms with van der Waals surface area (Å²) in [5.41, 5.74) is 1.61. The molecule has 1 unspecified atom stereocenters. The number of nitrogens with zero attached hydrogens (tertiary/aromatic N) is 1. The summed E-state index contributed by atoms with van der Waals surface area (Å²) in [5, 5.41) is 10.6. The second kappa shape index (κ2) is 5.77. The van der Waals surface area contributed by atoms with Crippen molar-refractivity contribution in [1.29, 1.82) is 0 Å². The Morgan fingerprint density at radius 1 is 1.09 bits per heavy atom. The van der Waals surface area contributed by atoms with Gasteiger partial charge in [-0.25, -0.2) is 0 Å². The summed E-state index contributed by atoms with van der Waals surface area (Å²) in [6.07, 6.45) is 0.936. The maximum Gasteiger partial charge on any atom is 0.269 e. The lowest BCUT2D eigenvalue weighted by molar-refractivity contribution is -0.384. The Kier molecular flexibility index (Phi) is 3.65. The SMILES string of the molecule is COc1ccc(C2=COC(c3ccc([N+](=O)[O-])cc3)O2)cc1. The highest BCUT2D eigenvalue weighted by Gasteiger charge is 2.23. The van der Waals surface area contributed by atoms with Crippen LogP contribution in [0.2, 0.25) is 0 Å². The molecule has 2 aromatic rings. The van der Waals surface area contributed by atoms with Gasteiger partial charge in [-0.2, -0.15) is 0 Å². The molecule has 0 aromatic heterocycles. The zero-order valence-corrected chi connectivity index (χ0v) is 11.8. The Bertz CT molecular complexity index is 706. The number of nitro groups is 1. The monoisotopic (exact) mass is 299 g/mol. The molecule has 6 nitrogen and oxygen atoms in total. The van der Waals surface area contributed by atoms with E-state index in [1.54, 1.807) is 19.2 Å². The summed E-state index contributed by atoms with van der Waals surface area (Å²) >= 11 is 0. The van der Waals surface area contributed by atoms with E-state index in [2.05, 4.69) is 0 Å². The van der Waals surface area contributed by atoms with Gasteiger partial charge in [0, 0.05) is 23.3 Å². The molecule has 0 N–H and O–H groups in total. The first-order valence-corrected chi connectivity index (χ1v) is 6.58. The maximum absolute atomic E-state index is 10.6. The molecule has 0 spiro atoms. The zero-order valence-electron chi connectivity index (χ0n) is 11.8. The van der Waals surface area contributed by atoms with Crippen LogP contribution in [0.5, 0.6) is 5.75 Å². The zero-order chi connectivity index (χ0) is 15.5. The van der Waals surface area contributed by atoms with Crippen molar-refractivity contribution in [2.45, 2.75) is 6.29 Å². The minimum atomic E-state index is -0.599. The van der Waals surface area contributed by atoms with Crippen molar-refractivity contribution in [2.24, 2.45) is 0 Å². The van der Waals surface area contributed by atoms with E-state index >= 15 is 0 Å². The quantitative estimate of drug-likeness (QED) is 0.636. The van der Waals surface area contributed by atoms with E-state index in [0.717, 1.165) is 11.3 Å². The van der Waals surface area contributed by atoms with Crippen molar-refractivity contribution in [3.05, 3.63) is 76.0 Å². The smallest absolute Gasteiger partial charge is 0.269 e. The molecule has 0 amide bonds. The second-order valence-corrected chi connectivity index (χ2v) is 4.65. The number of nitro benzene ring substituents is 1. The molecule has 6 heteroatoms. The predicted octanol–water partition coefficient (Wildman–Crippen LogP) is 3.65. The first kappa shape index (κ1) is 13.9. The summed E-state index contributed by atoms with van der Waals surface area (Å²) in [7, 11) is 1.61. The van der Waals surface area contributed by atoms with Crippen LogP contribution in [-0.2, 0) is 9.47 Å². The van der Waals surface area contributed by atoms with Gasteiger partial charge in [-0.05, 0) is 36.4 Å². The van der Waals surface area contributed by atoms with Crippen LogP contribution < -0.4 is 4.74 Å². The number of benzene rings is 2. The number of hydrogen-bond donors (Lipinski definition) is 0. The molecule has 1 heterocycles. The summed E-state index contributed by atoms with van der Waals surface area (Å²) in [4.78, 5) is 10.2. The lowest BCUT2D eigenvalue weighted by Crippen LogP contribution is -1.99. The van der Waals surface area contributed by atoms with E-state index < -0.39 is 11.2 Å². The van der Waals surface area contributed by atoms with Gasteiger partial charge in [-0.15, -0.1) is 0 Å². The van der Waals surface area contributed by atoms with E-state index in [9.17, 15) is 10.1 Å². The molecule has 2 aromatic carbocycles. The Hall–Kier alpha value is -3.02. The lowest BCUT2D eigenvalue weighted by Gasteiger charge is -2.12. The second-order valence-electron chi connectivity index (χ2n) is 4.65. The van der Waals surface area contributed by atoms with Crippen molar-refractivity contribution in [3.63, 3.8) is 0 Å². The summed E-state index contributed by atoms with van der Waals surface area (Å²) in [5.74, 6) is 1.36. The van der Waals surface area contributed by atoms with E-state index in [0.29, 0.717) is 11.3 Å². The van der Waals surface area contributed by atoms with E-state index in [1.807, 2.05) is 24.3 Å². The van der Waals surface area contributed by atoms with Crippen LogP contribution in [0.1, 0.15) is 17.4 Å². The molecule has 0 saturated heterocycles. The molecule has 0 saturated carbocycles. The van der Waals surface area contributed by atoms with Crippen LogP contribution in [0.3, 0.4) is 0 Å². The average Bonchev–Trinajstić information content (AvgIpc) is 3.05. The topological polar surface area (TPSA) is 70.8 Å². The van der Waals surface area contributed by atoms with Gasteiger partial charge in [0.05, 0.1) is 12.0 Å². The van der Waals surface area contributed by atoms with Gasteiger partial charge in [-0.1, -0.05) is 0 Å². The first-order chi connectivity index (χ1) is 10.7. The third kappa shape index (κ3) is 2.71. The fraction of sp³-hybridized carbons (Fsp3) is 0.125. The van der Waals surface area contributed by atoms with E-state index in [-0.39, 0.29) is 5.69 Å². The van der Waals surface area contributed by atoms with Crippen LogP contribution in [0.25, 0.3) is 5.76 Å². The first-order valence-electron chi connectivity index (χ1n) is 6.58. The van der Waals surface area contributed by atoms with Gasteiger partial charge < -0.3 is 14.2 Å². The normalized spacial score (nSPS) is 16.4. The highest BCUT2D eigenvalue weighted by atomic mass is 16.7. The number of rotatable bonds is 4. The lowest BCUT2D eigenvalue weighted by atomic mass is 10.2. The van der Waals surface area contributed by atoms with Gasteiger partial charge in [0.25, 0.3) is 12.0 Å². The largest absolute Gasteiger partial charge is 0.497 e. The highest BCUT2D eigenvalue weighted by Crippen LogP contribution is 2.34. The third-order valence-electron chi connectivity index (χ3n) is 3.28. The van der Waals surface area contributed by atoms with Crippen molar-refractivity contribution >= 4 is 11.4 Å². The molecule has 112 valence electrons. The average molecular weight is 299 g/mol. The Morgan fingerprint density at radius 3 is 2.36 bits per heavy atom. The predicted molar refractivity (Wildman–Crippen MR) is 79.0 cm³/mol. The molecule has 1 atom stereocenters. The van der Waals surface area contributed by atoms with Gasteiger partial charge in [0.2, 0.25) is 0 Å². The molecule has 1 aliphatic heterocycles. The summed E-state index contributed by atoms with van der Waals surface area (Å²) < 4.78 is 16.3. The van der Waals surface area contributed by atoms with Crippen LogP contribution in [-0.4, -0.2) is 12.0 Å². The van der Waals surface area contributed by atoms with Gasteiger partial charge in [0.1, 0.15) is 12.0 Å². The molecular formula is C16H13NO5. The molecule has 0 radical (unpaired) electrons. The maximum atomic E-state index is 10.6. The Labute approximate surface area is 126 Å². The summed E-state index contributed by atoms with van der Waals surface area (Å²) in [6, 6.07) is 13.5. The number of hydrogen-bond acceptors (Lipinski definition) is 5. The van der Waals surface area contributed by atoms with Crippen LogP contribution in [0.4, 0.5) is 5.69 Å². The molecule has 22 heavy (non-hydrogen) atoms. The number of ether oxygens (including phenoxy) is 3. The van der Waals surface area contributed by atoms with Crippen molar-refractivity contribution in [2.75, 3.05) is 7.11 Å². The van der Waals surface area contributed by atoms with Crippen molar-refractivity contribution in [3.8, 4) is 5.75 Å². The fourth-order valence-electron chi connectivity index (χ4n) is 2.09. The van der Waals surface area contributed by atoms with Crippen LogP contribution in [0.15, 0.2) is 54.8 Å². The Morgan fingerprint density at radius 2 is 1.77 bits per heavy atom. The molecule has 0 aliphatic carbocycles. The van der Waals surface area contributed by atoms with Gasteiger partial charge in [-0.3, -0.25) is 10.1 Å². The van der Waals surface area contributed by atoms with Crippen molar-refractivity contribution < 1.29 is 19.1 Å². The molecule has 0 bridgehead atoms. The Balaban J connectivity index is 1.71. The van der Waals surface area contributed by atoms with Crippen molar-refractivity contribution in [1.82, 2.24) is 0 Å².